The van der Waals surface area contributed by atoms with E-state index >= 15 is 0 Å². The number of phenols is 1. The SMILES string of the molecule is COc1ccc(CCC(N)OCc2ccccc2O)cc1OC. The Morgan fingerprint density at radius 1 is 1.04 bits per heavy atom. The summed E-state index contributed by atoms with van der Waals surface area (Å²) in [6.07, 6.45) is 1.04. The lowest BCUT2D eigenvalue weighted by molar-refractivity contribution is 0.0386. The molecule has 0 aliphatic carbocycles. The lowest BCUT2D eigenvalue weighted by Gasteiger charge is -2.14. The maximum atomic E-state index is 9.69. The van der Waals surface area contributed by atoms with Crippen molar-refractivity contribution in [2.24, 2.45) is 5.73 Å². The highest BCUT2D eigenvalue weighted by molar-refractivity contribution is 5.42. The van der Waals surface area contributed by atoms with Crippen LogP contribution in [0.2, 0.25) is 0 Å². The summed E-state index contributed by atoms with van der Waals surface area (Å²) in [7, 11) is 3.23. The van der Waals surface area contributed by atoms with Gasteiger partial charge >= 0.3 is 0 Å². The maximum Gasteiger partial charge on any atom is 0.160 e. The average Bonchev–Trinajstić information content (AvgIpc) is 2.58. The van der Waals surface area contributed by atoms with Gasteiger partial charge in [-0.15, -0.1) is 0 Å². The molecule has 0 fully saturated rings. The second-order valence-corrected chi connectivity index (χ2v) is 5.21. The zero-order valence-electron chi connectivity index (χ0n) is 13.5. The van der Waals surface area contributed by atoms with Crippen LogP contribution in [0.3, 0.4) is 0 Å². The Labute approximate surface area is 136 Å². The van der Waals surface area contributed by atoms with Gasteiger partial charge in [-0.05, 0) is 36.6 Å². The van der Waals surface area contributed by atoms with E-state index in [1.165, 1.54) is 0 Å². The molecule has 0 saturated heterocycles. The molecule has 0 aliphatic rings. The van der Waals surface area contributed by atoms with Crippen molar-refractivity contribution in [2.45, 2.75) is 25.7 Å². The van der Waals surface area contributed by atoms with Crippen molar-refractivity contribution in [3.8, 4) is 17.2 Å². The normalized spacial score (nSPS) is 12.0. The number of rotatable bonds is 8. The third kappa shape index (κ3) is 4.87. The van der Waals surface area contributed by atoms with E-state index in [-0.39, 0.29) is 5.75 Å². The molecular weight excluding hydrogens is 294 g/mol. The molecule has 2 aromatic rings. The van der Waals surface area contributed by atoms with E-state index in [1.54, 1.807) is 26.4 Å². The van der Waals surface area contributed by atoms with E-state index in [9.17, 15) is 5.11 Å². The number of hydrogen-bond acceptors (Lipinski definition) is 5. The van der Waals surface area contributed by atoms with Gasteiger partial charge in [-0.25, -0.2) is 0 Å². The number of aromatic hydroxyl groups is 1. The number of phenolic OH excluding ortho intramolecular Hbond substituents is 1. The molecule has 1 unspecified atom stereocenters. The maximum absolute atomic E-state index is 9.69. The zero-order chi connectivity index (χ0) is 16.7. The van der Waals surface area contributed by atoms with Crippen LogP contribution < -0.4 is 15.2 Å². The number of hydrogen-bond donors (Lipinski definition) is 2. The molecule has 2 aromatic carbocycles. The Kier molecular flexibility index (Phi) is 6.26. The van der Waals surface area contributed by atoms with Crippen LogP contribution >= 0.6 is 0 Å². The smallest absolute Gasteiger partial charge is 0.160 e. The second-order valence-electron chi connectivity index (χ2n) is 5.21. The van der Waals surface area contributed by atoms with Crippen LogP contribution in [0, 0.1) is 0 Å². The second kappa shape index (κ2) is 8.41. The fraction of sp³-hybridized carbons (Fsp3) is 0.333. The minimum Gasteiger partial charge on any atom is -0.508 e. The Hall–Kier alpha value is -2.24. The van der Waals surface area contributed by atoms with Crippen molar-refractivity contribution in [3.05, 3.63) is 53.6 Å². The van der Waals surface area contributed by atoms with Gasteiger partial charge < -0.3 is 25.1 Å². The van der Waals surface area contributed by atoms with E-state index in [4.69, 9.17) is 19.9 Å². The van der Waals surface area contributed by atoms with Crippen molar-refractivity contribution in [3.63, 3.8) is 0 Å². The molecule has 0 aliphatic heterocycles. The van der Waals surface area contributed by atoms with Crippen LogP contribution in [0.1, 0.15) is 17.5 Å². The molecule has 0 spiro atoms. The first kappa shape index (κ1) is 17.1. The molecule has 124 valence electrons. The first-order valence-electron chi connectivity index (χ1n) is 7.49. The minimum absolute atomic E-state index is 0.222. The zero-order valence-corrected chi connectivity index (χ0v) is 13.5. The third-order valence-electron chi connectivity index (χ3n) is 3.61. The molecular formula is C18H23NO4. The monoisotopic (exact) mass is 317 g/mol. The van der Waals surface area contributed by atoms with Gasteiger partial charge in [0, 0.05) is 5.56 Å². The number of nitrogens with two attached hydrogens (primary N) is 1. The van der Waals surface area contributed by atoms with Crippen molar-refractivity contribution in [1.82, 2.24) is 0 Å². The fourth-order valence-corrected chi connectivity index (χ4v) is 2.26. The Morgan fingerprint density at radius 3 is 2.48 bits per heavy atom. The van der Waals surface area contributed by atoms with Crippen LogP contribution in [0.4, 0.5) is 0 Å². The van der Waals surface area contributed by atoms with E-state index < -0.39 is 6.23 Å². The highest BCUT2D eigenvalue weighted by Crippen LogP contribution is 2.28. The third-order valence-corrected chi connectivity index (χ3v) is 3.61. The van der Waals surface area contributed by atoms with Crippen LogP contribution in [-0.2, 0) is 17.8 Å². The van der Waals surface area contributed by atoms with Crippen LogP contribution in [0.5, 0.6) is 17.2 Å². The molecule has 23 heavy (non-hydrogen) atoms. The van der Waals surface area contributed by atoms with Gasteiger partial charge in [-0.2, -0.15) is 0 Å². The molecule has 5 nitrogen and oxygen atoms in total. The van der Waals surface area contributed by atoms with Gasteiger partial charge in [0.1, 0.15) is 12.0 Å². The van der Waals surface area contributed by atoms with Gasteiger partial charge in [-0.1, -0.05) is 24.3 Å². The molecule has 5 heteroatoms. The molecule has 0 heterocycles. The molecule has 0 bridgehead atoms. The van der Waals surface area contributed by atoms with Crippen molar-refractivity contribution in [2.75, 3.05) is 14.2 Å². The van der Waals surface area contributed by atoms with E-state index in [0.29, 0.717) is 24.5 Å². The summed E-state index contributed by atoms with van der Waals surface area (Å²) in [5, 5.41) is 9.69. The largest absolute Gasteiger partial charge is 0.508 e. The summed E-state index contributed by atoms with van der Waals surface area (Å²) in [5.41, 5.74) is 7.82. The molecule has 2 rings (SSSR count). The van der Waals surface area contributed by atoms with Gasteiger partial charge in [-0.3, -0.25) is 0 Å². The summed E-state index contributed by atoms with van der Waals surface area (Å²) in [5.74, 6) is 1.63. The molecule has 0 aromatic heterocycles. The quantitative estimate of drug-likeness (QED) is 0.732. The standard InChI is InChI=1S/C18H23NO4/c1-21-16-9-7-13(11-17(16)22-2)8-10-18(19)23-12-14-5-3-4-6-15(14)20/h3-7,9,11,18,20H,8,10,12,19H2,1-2H3. The average molecular weight is 317 g/mol. The van der Waals surface area contributed by atoms with Crippen LogP contribution in [-0.4, -0.2) is 25.6 Å². The van der Waals surface area contributed by atoms with E-state index in [2.05, 4.69) is 0 Å². The number of benzene rings is 2. The predicted molar refractivity (Wildman–Crippen MR) is 88.7 cm³/mol. The summed E-state index contributed by atoms with van der Waals surface area (Å²) in [6, 6.07) is 12.9. The number of methoxy groups -OCH3 is 2. The number of aryl methyl sites for hydroxylation is 1. The Bertz CT molecular complexity index is 630. The molecule has 0 radical (unpaired) electrons. The molecule has 0 amide bonds. The molecule has 3 N–H and O–H groups in total. The summed E-state index contributed by atoms with van der Waals surface area (Å²) in [6.45, 7) is 0.291. The Morgan fingerprint density at radius 2 is 1.78 bits per heavy atom. The van der Waals surface area contributed by atoms with Crippen molar-refractivity contribution in [1.29, 1.82) is 0 Å². The summed E-state index contributed by atoms with van der Waals surface area (Å²) >= 11 is 0. The number of ether oxygens (including phenoxy) is 3. The van der Waals surface area contributed by atoms with Gasteiger partial charge in [0.05, 0.1) is 20.8 Å². The summed E-state index contributed by atoms with van der Waals surface area (Å²) in [4.78, 5) is 0. The van der Waals surface area contributed by atoms with Crippen molar-refractivity contribution >= 4 is 0 Å². The molecule has 0 saturated carbocycles. The van der Waals surface area contributed by atoms with E-state index in [0.717, 1.165) is 17.5 Å². The number of para-hydroxylation sites is 1. The van der Waals surface area contributed by atoms with Gasteiger partial charge in [0.2, 0.25) is 0 Å². The fourth-order valence-electron chi connectivity index (χ4n) is 2.26. The first-order valence-corrected chi connectivity index (χ1v) is 7.49. The summed E-state index contributed by atoms with van der Waals surface area (Å²) < 4.78 is 16.1. The first-order chi connectivity index (χ1) is 11.1. The highest BCUT2D eigenvalue weighted by Gasteiger charge is 2.08. The van der Waals surface area contributed by atoms with Crippen LogP contribution in [0.15, 0.2) is 42.5 Å². The lowest BCUT2D eigenvalue weighted by atomic mass is 10.1. The molecule has 1 atom stereocenters. The van der Waals surface area contributed by atoms with Gasteiger partial charge in [0.25, 0.3) is 0 Å². The van der Waals surface area contributed by atoms with Crippen molar-refractivity contribution < 1.29 is 19.3 Å². The van der Waals surface area contributed by atoms with Gasteiger partial charge in [0.15, 0.2) is 11.5 Å². The Balaban J connectivity index is 1.84. The van der Waals surface area contributed by atoms with E-state index in [1.807, 2.05) is 30.3 Å². The topological polar surface area (TPSA) is 73.9 Å². The minimum atomic E-state index is -0.400. The predicted octanol–water partition coefficient (Wildman–Crippen LogP) is 2.84. The highest BCUT2D eigenvalue weighted by atomic mass is 16.5. The lowest BCUT2D eigenvalue weighted by Crippen LogP contribution is -2.24. The van der Waals surface area contributed by atoms with Crippen LogP contribution in [0.25, 0.3) is 0 Å².